The fourth-order valence-corrected chi connectivity index (χ4v) is 4.44. The molecule has 8 heteroatoms. The zero-order chi connectivity index (χ0) is 24.5. The van der Waals surface area contributed by atoms with Gasteiger partial charge in [0.15, 0.2) is 5.78 Å². The van der Waals surface area contributed by atoms with Gasteiger partial charge in [0, 0.05) is 42.2 Å². The van der Waals surface area contributed by atoms with Gasteiger partial charge in [-0.05, 0) is 42.0 Å². The fourth-order valence-electron chi connectivity index (χ4n) is 4.44. The number of fused-ring (bicyclic) bond motifs is 1. The van der Waals surface area contributed by atoms with Gasteiger partial charge < -0.3 is 0 Å². The van der Waals surface area contributed by atoms with Crippen LogP contribution in [0.2, 0.25) is 0 Å². The number of benzene rings is 2. The summed E-state index contributed by atoms with van der Waals surface area (Å²) in [5.74, 6) is 0.551. The number of carbonyl (C=O) groups excluding carboxylic acids is 1. The van der Waals surface area contributed by atoms with Crippen LogP contribution in [0.4, 0.5) is 22.0 Å². The molecular formula is C26H25F5N2O. The molecule has 0 bridgehead atoms. The molecule has 1 aliphatic rings. The number of aromatic nitrogens is 1. The van der Waals surface area contributed by atoms with E-state index in [2.05, 4.69) is 4.98 Å². The normalized spacial score (nSPS) is 16.1. The number of pyridine rings is 1. The SMILES string of the molecule is C[C@@H](CCC(=O)c1cnc2c(-c3ccc(C(F)(F)F)cc3)cccc2c1)C1CN(CC(F)F)C1. The fraction of sp³-hybridized carbons (Fsp3) is 0.385. The highest BCUT2D eigenvalue weighted by molar-refractivity contribution is 6.01. The van der Waals surface area contributed by atoms with E-state index in [1.54, 1.807) is 23.1 Å². The summed E-state index contributed by atoms with van der Waals surface area (Å²) in [4.78, 5) is 18.9. The Hall–Kier alpha value is -2.87. The van der Waals surface area contributed by atoms with Crippen LogP contribution in [0.5, 0.6) is 0 Å². The van der Waals surface area contributed by atoms with Crippen LogP contribution in [0.3, 0.4) is 0 Å². The molecule has 180 valence electrons. The summed E-state index contributed by atoms with van der Waals surface area (Å²) in [6.45, 7) is 3.14. The predicted octanol–water partition coefficient (Wildman–Crippen LogP) is 6.72. The first-order valence-electron chi connectivity index (χ1n) is 11.2. The Morgan fingerprint density at radius 3 is 2.47 bits per heavy atom. The Balaban J connectivity index is 1.42. The molecule has 0 amide bonds. The van der Waals surface area contributed by atoms with Gasteiger partial charge in [-0.3, -0.25) is 14.7 Å². The van der Waals surface area contributed by atoms with Gasteiger partial charge in [0.2, 0.25) is 0 Å². The second-order valence-electron chi connectivity index (χ2n) is 8.99. The summed E-state index contributed by atoms with van der Waals surface area (Å²) < 4.78 is 63.5. The van der Waals surface area contributed by atoms with Gasteiger partial charge in [-0.25, -0.2) is 8.78 Å². The first-order chi connectivity index (χ1) is 16.1. The molecule has 3 nitrogen and oxygen atoms in total. The Labute approximate surface area is 194 Å². The Bertz CT molecular complexity index is 1150. The molecule has 1 aromatic heterocycles. The van der Waals surface area contributed by atoms with E-state index in [4.69, 9.17) is 0 Å². The molecule has 0 aliphatic carbocycles. The van der Waals surface area contributed by atoms with E-state index < -0.39 is 18.2 Å². The van der Waals surface area contributed by atoms with Gasteiger partial charge in [-0.15, -0.1) is 0 Å². The number of hydrogen-bond acceptors (Lipinski definition) is 3. The zero-order valence-electron chi connectivity index (χ0n) is 18.7. The molecule has 0 radical (unpaired) electrons. The number of Topliss-reactive ketones (excluding diaryl/α,β-unsaturated/α-hetero) is 1. The summed E-state index contributed by atoms with van der Waals surface area (Å²) in [6.07, 6.45) is -4.19. The third-order valence-corrected chi connectivity index (χ3v) is 6.57. The lowest BCUT2D eigenvalue weighted by Gasteiger charge is -2.42. The predicted molar refractivity (Wildman–Crippen MR) is 121 cm³/mol. The number of carbonyl (C=O) groups is 1. The van der Waals surface area contributed by atoms with Crippen LogP contribution < -0.4 is 0 Å². The third-order valence-electron chi connectivity index (χ3n) is 6.57. The Morgan fingerprint density at radius 2 is 1.82 bits per heavy atom. The maximum absolute atomic E-state index is 12.9. The van der Waals surface area contributed by atoms with Gasteiger partial charge in [0.05, 0.1) is 17.6 Å². The number of likely N-dealkylation sites (tertiary alicyclic amines) is 1. The summed E-state index contributed by atoms with van der Waals surface area (Å²) in [5, 5.41) is 0.734. The van der Waals surface area contributed by atoms with E-state index in [-0.39, 0.29) is 18.2 Å². The maximum atomic E-state index is 12.9. The smallest absolute Gasteiger partial charge is 0.297 e. The van der Waals surface area contributed by atoms with E-state index in [9.17, 15) is 26.7 Å². The molecule has 4 rings (SSSR count). The Morgan fingerprint density at radius 1 is 1.12 bits per heavy atom. The van der Waals surface area contributed by atoms with Crippen molar-refractivity contribution >= 4 is 16.7 Å². The number of halogens is 5. The molecule has 0 spiro atoms. The molecule has 34 heavy (non-hydrogen) atoms. The van der Waals surface area contributed by atoms with Crippen LogP contribution in [0.1, 0.15) is 35.7 Å². The summed E-state index contributed by atoms with van der Waals surface area (Å²) in [7, 11) is 0. The summed E-state index contributed by atoms with van der Waals surface area (Å²) >= 11 is 0. The molecule has 2 aromatic carbocycles. The zero-order valence-corrected chi connectivity index (χ0v) is 18.7. The highest BCUT2D eigenvalue weighted by Crippen LogP contribution is 2.33. The minimum Gasteiger partial charge on any atom is -0.297 e. The lowest BCUT2D eigenvalue weighted by molar-refractivity contribution is -0.137. The highest BCUT2D eigenvalue weighted by atomic mass is 19.4. The quantitative estimate of drug-likeness (QED) is 0.267. The van der Waals surface area contributed by atoms with Crippen molar-refractivity contribution in [3.05, 3.63) is 65.9 Å². The number of alkyl halides is 5. The van der Waals surface area contributed by atoms with Gasteiger partial charge in [0.1, 0.15) is 0 Å². The topological polar surface area (TPSA) is 33.2 Å². The molecular weight excluding hydrogens is 451 g/mol. The molecule has 1 aliphatic heterocycles. The van der Waals surface area contributed by atoms with Crippen LogP contribution in [-0.2, 0) is 6.18 Å². The maximum Gasteiger partial charge on any atom is 0.416 e. The summed E-state index contributed by atoms with van der Waals surface area (Å²) in [5.41, 5.74) is 1.69. The van der Waals surface area contributed by atoms with Gasteiger partial charge in [-0.1, -0.05) is 37.3 Å². The first kappa shape index (κ1) is 24.3. The van der Waals surface area contributed by atoms with Crippen LogP contribution >= 0.6 is 0 Å². The van der Waals surface area contributed by atoms with E-state index in [0.717, 1.165) is 17.5 Å². The minimum absolute atomic E-state index is 0.0371. The standard InChI is InChI=1S/C26H25F5N2O/c1-16(20-13-33(14-20)15-24(27)28)5-10-23(34)19-11-18-3-2-4-22(25(18)32-12-19)17-6-8-21(9-7-17)26(29,30)31/h2-4,6-9,11-12,16,20,24H,5,10,13-15H2,1H3/t16-/m0/s1. The van der Waals surface area contributed by atoms with Crippen molar-refractivity contribution in [3.8, 4) is 11.1 Å². The van der Waals surface area contributed by atoms with E-state index in [1.165, 1.54) is 18.3 Å². The van der Waals surface area contributed by atoms with Gasteiger partial charge in [0.25, 0.3) is 6.43 Å². The Kier molecular flexibility index (Phi) is 6.98. The van der Waals surface area contributed by atoms with Crippen molar-refractivity contribution < 1.29 is 26.7 Å². The monoisotopic (exact) mass is 476 g/mol. The molecule has 0 N–H and O–H groups in total. The summed E-state index contributed by atoms with van der Waals surface area (Å²) in [6, 6.07) is 12.1. The van der Waals surface area contributed by atoms with Crippen molar-refractivity contribution in [2.45, 2.75) is 32.4 Å². The van der Waals surface area contributed by atoms with Crippen molar-refractivity contribution in [1.82, 2.24) is 9.88 Å². The lowest BCUT2D eigenvalue weighted by Crippen LogP contribution is -2.51. The molecule has 1 saturated heterocycles. The van der Waals surface area contributed by atoms with Crippen LogP contribution in [-0.4, -0.2) is 41.7 Å². The second kappa shape index (κ2) is 9.78. The van der Waals surface area contributed by atoms with Crippen LogP contribution in [0, 0.1) is 11.8 Å². The van der Waals surface area contributed by atoms with Crippen molar-refractivity contribution in [2.24, 2.45) is 11.8 Å². The number of para-hydroxylation sites is 1. The van der Waals surface area contributed by atoms with E-state index in [0.29, 0.717) is 54.1 Å². The number of ketones is 1. The average Bonchev–Trinajstić information content (AvgIpc) is 2.78. The number of nitrogens with zero attached hydrogens (tertiary/aromatic N) is 2. The largest absolute Gasteiger partial charge is 0.416 e. The molecule has 1 atom stereocenters. The molecule has 0 unspecified atom stereocenters. The van der Waals surface area contributed by atoms with Crippen molar-refractivity contribution in [1.29, 1.82) is 0 Å². The van der Waals surface area contributed by atoms with Crippen LogP contribution in [0.15, 0.2) is 54.7 Å². The van der Waals surface area contributed by atoms with Crippen molar-refractivity contribution in [2.75, 3.05) is 19.6 Å². The number of hydrogen-bond donors (Lipinski definition) is 0. The van der Waals surface area contributed by atoms with Gasteiger partial charge >= 0.3 is 6.18 Å². The second-order valence-corrected chi connectivity index (χ2v) is 8.99. The van der Waals surface area contributed by atoms with E-state index in [1.807, 2.05) is 13.0 Å². The third kappa shape index (κ3) is 5.43. The van der Waals surface area contributed by atoms with Crippen molar-refractivity contribution in [3.63, 3.8) is 0 Å². The molecule has 3 aromatic rings. The average molecular weight is 476 g/mol. The van der Waals surface area contributed by atoms with Gasteiger partial charge in [-0.2, -0.15) is 13.2 Å². The molecule has 0 saturated carbocycles. The molecule has 2 heterocycles. The molecule has 1 fully saturated rings. The number of rotatable bonds is 8. The highest BCUT2D eigenvalue weighted by Gasteiger charge is 2.32. The van der Waals surface area contributed by atoms with E-state index >= 15 is 0 Å². The van der Waals surface area contributed by atoms with Crippen LogP contribution in [0.25, 0.3) is 22.0 Å². The lowest BCUT2D eigenvalue weighted by atomic mass is 9.83. The minimum atomic E-state index is -4.40. The first-order valence-corrected chi connectivity index (χ1v) is 11.2.